The second kappa shape index (κ2) is 5.53. The lowest BCUT2D eigenvalue weighted by Crippen LogP contribution is -2.22. The summed E-state index contributed by atoms with van der Waals surface area (Å²) in [4.78, 5) is 25.7. The van der Waals surface area contributed by atoms with E-state index in [1.807, 2.05) is 11.0 Å². The highest BCUT2D eigenvalue weighted by molar-refractivity contribution is 6.34. The largest absolute Gasteiger partial charge is 0.481 e. The highest BCUT2D eigenvalue weighted by atomic mass is 35.5. The average Bonchev–Trinajstić information content (AvgIpc) is 3.06. The molecule has 1 atom stereocenters. The minimum atomic E-state index is -0.775. The fourth-order valence-electron chi connectivity index (χ4n) is 3.22. The van der Waals surface area contributed by atoms with E-state index in [-0.39, 0.29) is 11.3 Å². The zero-order chi connectivity index (χ0) is 16.8. The fraction of sp³-hybridized carbons (Fsp3) is 0.222. The number of aliphatic carboxylic acids is 1. The Bertz CT molecular complexity index is 1030. The van der Waals surface area contributed by atoms with Crippen molar-refractivity contribution in [2.45, 2.75) is 6.42 Å². The number of carbonyl (C=O) groups is 1. The van der Waals surface area contributed by atoms with E-state index in [0.717, 1.165) is 5.69 Å². The summed E-state index contributed by atoms with van der Waals surface area (Å²) in [5.74, 6) is -1.14. The third kappa shape index (κ3) is 2.32. The van der Waals surface area contributed by atoms with Crippen molar-refractivity contribution in [3.63, 3.8) is 0 Å². The first kappa shape index (κ1) is 15.0. The Kier molecular flexibility index (Phi) is 3.46. The second-order valence-electron chi connectivity index (χ2n) is 6.00. The van der Waals surface area contributed by atoms with Gasteiger partial charge in [0.25, 0.3) is 0 Å². The summed E-state index contributed by atoms with van der Waals surface area (Å²) in [6.07, 6.45) is 0.612. The van der Waals surface area contributed by atoms with Crippen LogP contribution in [0.15, 0.2) is 45.6 Å². The number of para-hydroxylation sites is 1. The first-order valence-electron chi connectivity index (χ1n) is 7.67. The molecule has 24 heavy (non-hydrogen) atoms. The average molecular weight is 344 g/mol. The van der Waals surface area contributed by atoms with Crippen molar-refractivity contribution in [3.8, 4) is 0 Å². The molecule has 0 bridgehead atoms. The predicted octanol–water partition coefficient (Wildman–Crippen LogP) is 3.51. The maximum absolute atomic E-state index is 12.6. The lowest BCUT2D eigenvalue weighted by molar-refractivity contribution is -0.140. The van der Waals surface area contributed by atoms with E-state index in [2.05, 4.69) is 0 Å². The van der Waals surface area contributed by atoms with Gasteiger partial charge < -0.3 is 14.4 Å². The smallest absolute Gasteiger partial charge is 0.308 e. The number of benzene rings is 2. The third-order valence-corrected chi connectivity index (χ3v) is 4.83. The van der Waals surface area contributed by atoms with E-state index in [0.29, 0.717) is 46.5 Å². The summed E-state index contributed by atoms with van der Waals surface area (Å²) in [5, 5.41) is 10.5. The van der Waals surface area contributed by atoms with Crippen LogP contribution in [-0.2, 0) is 4.79 Å². The molecule has 4 rings (SSSR count). The summed E-state index contributed by atoms with van der Waals surface area (Å²) in [7, 11) is 0. The van der Waals surface area contributed by atoms with Crippen LogP contribution in [0.3, 0.4) is 0 Å². The monoisotopic (exact) mass is 343 g/mol. The van der Waals surface area contributed by atoms with Crippen LogP contribution in [0, 0.1) is 5.92 Å². The van der Waals surface area contributed by atoms with Crippen LogP contribution in [0.4, 0.5) is 5.69 Å². The molecule has 0 saturated carbocycles. The molecule has 122 valence electrons. The molecule has 6 heteroatoms. The van der Waals surface area contributed by atoms with E-state index in [1.54, 1.807) is 30.3 Å². The Morgan fingerprint density at radius 2 is 2.08 bits per heavy atom. The summed E-state index contributed by atoms with van der Waals surface area (Å²) in [5.41, 5.74) is 1.56. The molecule has 0 unspecified atom stereocenters. The molecule has 0 radical (unpaired) electrons. The van der Waals surface area contributed by atoms with Gasteiger partial charge in [0.1, 0.15) is 5.58 Å². The van der Waals surface area contributed by atoms with Crippen molar-refractivity contribution < 1.29 is 14.3 Å². The van der Waals surface area contributed by atoms with Crippen molar-refractivity contribution >= 4 is 45.2 Å². The van der Waals surface area contributed by atoms with Gasteiger partial charge in [-0.15, -0.1) is 0 Å². The second-order valence-corrected chi connectivity index (χ2v) is 6.41. The van der Waals surface area contributed by atoms with Crippen LogP contribution in [0.1, 0.15) is 6.42 Å². The van der Waals surface area contributed by atoms with Gasteiger partial charge in [-0.2, -0.15) is 0 Å². The number of hydrogen-bond donors (Lipinski definition) is 1. The van der Waals surface area contributed by atoms with Crippen LogP contribution in [0.5, 0.6) is 0 Å². The zero-order valence-electron chi connectivity index (χ0n) is 12.7. The van der Waals surface area contributed by atoms with Crippen LogP contribution in [-0.4, -0.2) is 24.2 Å². The maximum atomic E-state index is 12.6. The number of fused-ring (bicyclic) bond motifs is 2. The lowest BCUT2D eigenvalue weighted by atomic mass is 10.1. The van der Waals surface area contributed by atoms with E-state index < -0.39 is 5.97 Å². The third-order valence-electron chi connectivity index (χ3n) is 4.54. The number of hydrogen-bond acceptors (Lipinski definition) is 4. The van der Waals surface area contributed by atoms with E-state index in [9.17, 15) is 9.59 Å². The standard InChI is InChI=1S/C18H14ClNO4/c19-14-3-1-2-13-16(21)12-5-4-11(8-15(12)24-17(13)14)20-7-6-10(9-20)18(22)23/h1-5,8,10H,6-7,9H2,(H,22,23)/t10-/m1/s1. The van der Waals surface area contributed by atoms with Gasteiger partial charge in [0.05, 0.1) is 21.7 Å². The number of carboxylic acids is 1. The molecule has 2 aromatic carbocycles. The molecule has 3 aromatic rings. The molecule has 1 N–H and O–H groups in total. The number of nitrogens with zero attached hydrogens (tertiary/aromatic N) is 1. The van der Waals surface area contributed by atoms with Crippen LogP contribution in [0.2, 0.25) is 5.02 Å². The molecule has 5 nitrogen and oxygen atoms in total. The van der Waals surface area contributed by atoms with Crippen molar-refractivity contribution in [3.05, 3.63) is 51.6 Å². The van der Waals surface area contributed by atoms with Gasteiger partial charge >= 0.3 is 5.97 Å². The Balaban J connectivity index is 1.84. The molecule has 1 aliphatic rings. The predicted molar refractivity (Wildman–Crippen MR) is 93.0 cm³/mol. The molecule has 0 spiro atoms. The quantitative estimate of drug-likeness (QED) is 0.721. The van der Waals surface area contributed by atoms with Gasteiger partial charge in [-0.25, -0.2) is 0 Å². The highest BCUT2D eigenvalue weighted by Crippen LogP contribution is 2.29. The number of carboxylic acid groups (broad SMARTS) is 1. The summed E-state index contributed by atoms with van der Waals surface area (Å²) >= 11 is 6.14. The van der Waals surface area contributed by atoms with Gasteiger partial charge in [-0.05, 0) is 30.7 Å². The van der Waals surface area contributed by atoms with Gasteiger partial charge in [0.15, 0.2) is 5.58 Å². The van der Waals surface area contributed by atoms with Crippen LogP contribution in [0.25, 0.3) is 21.9 Å². The Morgan fingerprint density at radius 3 is 2.83 bits per heavy atom. The molecule has 1 fully saturated rings. The number of rotatable bonds is 2. The Hall–Kier alpha value is -2.53. The zero-order valence-corrected chi connectivity index (χ0v) is 13.4. The van der Waals surface area contributed by atoms with E-state index >= 15 is 0 Å². The minimum Gasteiger partial charge on any atom is -0.481 e. The Labute approximate surface area is 142 Å². The van der Waals surface area contributed by atoms with E-state index in [4.69, 9.17) is 21.1 Å². The van der Waals surface area contributed by atoms with Gasteiger partial charge in [0, 0.05) is 24.8 Å². The first-order chi connectivity index (χ1) is 11.5. The summed E-state index contributed by atoms with van der Waals surface area (Å²) < 4.78 is 5.86. The van der Waals surface area contributed by atoms with Crippen molar-refractivity contribution in [2.24, 2.45) is 5.92 Å². The Morgan fingerprint density at radius 1 is 1.25 bits per heavy atom. The highest BCUT2D eigenvalue weighted by Gasteiger charge is 2.28. The number of halogens is 1. The number of anilines is 1. The molecule has 0 aliphatic carbocycles. The van der Waals surface area contributed by atoms with Crippen LogP contribution < -0.4 is 10.3 Å². The molecule has 1 aliphatic heterocycles. The van der Waals surface area contributed by atoms with Crippen molar-refractivity contribution in [2.75, 3.05) is 18.0 Å². The van der Waals surface area contributed by atoms with Gasteiger partial charge in [-0.1, -0.05) is 17.7 Å². The lowest BCUT2D eigenvalue weighted by Gasteiger charge is -2.18. The van der Waals surface area contributed by atoms with Crippen molar-refractivity contribution in [1.82, 2.24) is 0 Å². The maximum Gasteiger partial charge on any atom is 0.308 e. The molecule has 1 aromatic heterocycles. The SMILES string of the molecule is O=C(O)[C@@H]1CCN(c2ccc3c(=O)c4cccc(Cl)c4oc3c2)C1. The van der Waals surface area contributed by atoms with E-state index in [1.165, 1.54) is 0 Å². The molecule has 0 amide bonds. The topological polar surface area (TPSA) is 70.8 Å². The van der Waals surface area contributed by atoms with Crippen LogP contribution >= 0.6 is 11.6 Å². The van der Waals surface area contributed by atoms with Gasteiger partial charge in [0.2, 0.25) is 5.43 Å². The minimum absolute atomic E-state index is 0.120. The molecular weight excluding hydrogens is 330 g/mol. The molecule has 2 heterocycles. The van der Waals surface area contributed by atoms with Gasteiger partial charge in [-0.3, -0.25) is 9.59 Å². The van der Waals surface area contributed by atoms with Crippen molar-refractivity contribution in [1.29, 1.82) is 0 Å². The molecular formula is C18H14ClNO4. The molecule has 1 saturated heterocycles. The fourth-order valence-corrected chi connectivity index (χ4v) is 3.44. The summed E-state index contributed by atoms with van der Waals surface area (Å²) in [6.45, 7) is 1.13. The first-order valence-corrected chi connectivity index (χ1v) is 8.05. The normalized spacial score (nSPS) is 17.7. The summed E-state index contributed by atoms with van der Waals surface area (Å²) in [6, 6.07) is 10.4.